The molecule has 1 heterocycles. The summed E-state index contributed by atoms with van der Waals surface area (Å²) in [6.45, 7) is 7.04. The lowest BCUT2D eigenvalue weighted by atomic mass is 10.2. The maximum absolute atomic E-state index is 12.0. The third kappa shape index (κ3) is 3.96. The summed E-state index contributed by atoms with van der Waals surface area (Å²) in [7, 11) is -2.89. The second kappa shape index (κ2) is 5.82. The average Bonchev–Trinajstić information content (AvgIpc) is 2.59. The van der Waals surface area contributed by atoms with Crippen LogP contribution in [-0.2, 0) is 14.6 Å². The van der Waals surface area contributed by atoms with Crippen LogP contribution in [0.5, 0.6) is 0 Å². The Morgan fingerprint density at radius 2 is 2.00 bits per heavy atom. The average molecular weight is 262 g/mol. The van der Waals surface area contributed by atoms with Gasteiger partial charge in [0.2, 0.25) is 5.91 Å². The fourth-order valence-corrected chi connectivity index (χ4v) is 3.85. The van der Waals surface area contributed by atoms with Gasteiger partial charge in [-0.05, 0) is 27.2 Å². The number of carbonyl (C=O) groups is 1. The Morgan fingerprint density at radius 1 is 1.41 bits per heavy atom. The molecule has 1 rings (SSSR count). The largest absolute Gasteiger partial charge is 0.342 e. The molecule has 1 saturated heterocycles. The first-order chi connectivity index (χ1) is 7.89. The van der Waals surface area contributed by atoms with Crippen LogP contribution in [0.1, 0.15) is 27.2 Å². The molecule has 6 heteroatoms. The van der Waals surface area contributed by atoms with E-state index in [2.05, 4.69) is 5.32 Å². The van der Waals surface area contributed by atoms with Gasteiger partial charge in [0.15, 0.2) is 9.84 Å². The molecule has 100 valence electrons. The number of nitrogens with one attached hydrogen (secondary N) is 1. The Morgan fingerprint density at radius 3 is 2.41 bits per heavy atom. The summed E-state index contributed by atoms with van der Waals surface area (Å²) in [6, 6.07) is -0.386. The summed E-state index contributed by atoms with van der Waals surface area (Å²) < 4.78 is 22.6. The van der Waals surface area contributed by atoms with Crippen LogP contribution in [0.3, 0.4) is 0 Å². The minimum absolute atomic E-state index is 0.0410. The molecule has 0 saturated carbocycles. The van der Waals surface area contributed by atoms with E-state index < -0.39 is 9.84 Å². The molecule has 0 radical (unpaired) electrons. The van der Waals surface area contributed by atoms with E-state index in [9.17, 15) is 13.2 Å². The SMILES string of the molecule is CCN(CC)C(=O)C(C)NC1CCS(=O)(=O)C1. The number of likely N-dealkylation sites (N-methyl/N-ethyl adjacent to an activating group) is 1. The first kappa shape index (κ1) is 14.4. The highest BCUT2D eigenvalue weighted by atomic mass is 32.2. The molecule has 0 spiro atoms. The van der Waals surface area contributed by atoms with Crippen molar-refractivity contribution in [1.82, 2.24) is 10.2 Å². The minimum atomic E-state index is -2.89. The zero-order chi connectivity index (χ0) is 13.1. The van der Waals surface area contributed by atoms with Gasteiger partial charge in [0.25, 0.3) is 0 Å². The topological polar surface area (TPSA) is 66.5 Å². The summed E-state index contributed by atoms with van der Waals surface area (Å²) in [5.41, 5.74) is 0. The number of hydrogen-bond donors (Lipinski definition) is 1. The maximum Gasteiger partial charge on any atom is 0.239 e. The number of nitrogens with zero attached hydrogens (tertiary/aromatic N) is 1. The van der Waals surface area contributed by atoms with E-state index in [4.69, 9.17) is 0 Å². The molecular weight excluding hydrogens is 240 g/mol. The standard InChI is InChI=1S/C11H22N2O3S/c1-4-13(5-2)11(14)9(3)12-10-6-7-17(15,16)8-10/h9-10,12H,4-8H2,1-3H3. The van der Waals surface area contributed by atoms with Gasteiger partial charge in [-0.1, -0.05) is 0 Å². The second-order valence-corrected chi connectivity index (χ2v) is 6.73. The van der Waals surface area contributed by atoms with Crippen molar-refractivity contribution >= 4 is 15.7 Å². The second-order valence-electron chi connectivity index (χ2n) is 4.50. The molecule has 1 N–H and O–H groups in total. The zero-order valence-electron chi connectivity index (χ0n) is 10.8. The van der Waals surface area contributed by atoms with Gasteiger partial charge in [-0.3, -0.25) is 4.79 Å². The predicted molar refractivity (Wildman–Crippen MR) is 67.6 cm³/mol. The van der Waals surface area contributed by atoms with Crippen molar-refractivity contribution in [2.24, 2.45) is 0 Å². The molecule has 1 fully saturated rings. The third-order valence-electron chi connectivity index (χ3n) is 3.16. The van der Waals surface area contributed by atoms with Crippen LogP contribution in [0.4, 0.5) is 0 Å². The Labute approximate surface area is 103 Å². The van der Waals surface area contributed by atoms with E-state index in [1.54, 1.807) is 11.8 Å². The highest BCUT2D eigenvalue weighted by molar-refractivity contribution is 7.91. The van der Waals surface area contributed by atoms with E-state index in [0.717, 1.165) is 0 Å². The van der Waals surface area contributed by atoms with Gasteiger partial charge in [0.05, 0.1) is 17.5 Å². The van der Waals surface area contributed by atoms with Crippen molar-refractivity contribution in [2.45, 2.75) is 39.3 Å². The minimum Gasteiger partial charge on any atom is -0.342 e. The summed E-state index contributed by atoms with van der Waals surface area (Å²) in [6.07, 6.45) is 0.609. The van der Waals surface area contributed by atoms with Crippen molar-refractivity contribution in [1.29, 1.82) is 0 Å². The van der Waals surface area contributed by atoms with Gasteiger partial charge >= 0.3 is 0 Å². The molecule has 0 aromatic carbocycles. The van der Waals surface area contributed by atoms with E-state index in [1.165, 1.54) is 0 Å². The van der Waals surface area contributed by atoms with Crippen LogP contribution in [0.25, 0.3) is 0 Å². The van der Waals surface area contributed by atoms with E-state index in [0.29, 0.717) is 19.5 Å². The number of carbonyl (C=O) groups excluding carboxylic acids is 1. The van der Waals surface area contributed by atoms with Crippen LogP contribution in [-0.4, -0.2) is 55.9 Å². The van der Waals surface area contributed by atoms with Crippen molar-refractivity contribution in [2.75, 3.05) is 24.6 Å². The lowest BCUT2D eigenvalue weighted by Gasteiger charge is -2.25. The molecule has 2 unspecified atom stereocenters. The number of rotatable bonds is 5. The van der Waals surface area contributed by atoms with Crippen molar-refractivity contribution in [3.63, 3.8) is 0 Å². The Kier molecular flexibility index (Phi) is 4.94. The molecule has 1 aliphatic rings. The highest BCUT2D eigenvalue weighted by Crippen LogP contribution is 2.12. The molecule has 0 aromatic heterocycles. The molecular formula is C11H22N2O3S. The number of sulfone groups is 1. The molecule has 2 atom stereocenters. The number of amides is 1. The Balaban J connectivity index is 2.49. The quantitative estimate of drug-likeness (QED) is 0.758. The molecule has 0 aromatic rings. The van der Waals surface area contributed by atoms with E-state index >= 15 is 0 Å². The Hall–Kier alpha value is -0.620. The van der Waals surface area contributed by atoms with Gasteiger partial charge in [-0.15, -0.1) is 0 Å². The number of hydrogen-bond acceptors (Lipinski definition) is 4. The lowest BCUT2D eigenvalue weighted by Crippen LogP contribution is -2.48. The van der Waals surface area contributed by atoms with Crippen LogP contribution < -0.4 is 5.32 Å². The zero-order valence-corrected chi connectivity index (χ0v) is 11.6. The summed E-state index contributed by atoms with van der Waals surface area (Å²) in [5.74, 6) is 0.430. The normalized spacial score (nSPS) is 24.5. The lowest BCUT2D eigenvalue weighted by molar-refractivity contribution is -0.132. The first-order valence-corrected chi connectivity index (χ1v) is 7.97. The summed E-state index contributed by atoms with van der Waals surface area (Å²) >= 11 is 0. The monoisotopic (exact) mass is 262 g/mol. The van der Waals surface area contributed by atoms with Crippen LogP contribution in [0.2, 0.25) is 0 Å². The van der Waals surface area contributed by atoms with Crippen LogP contribution >= 0.6 is 0 Å². The molecule has 0 aliphatic carbocycles. The first-order valence-electron chi connectivity index (χ1n) is 6.14. The highest BCUT2D eigenvalue weighted by Gasteiger charge is 2.30. The third-order valence-corrected chi connectivity index (χ3v) is 4.93. The molecule has 17 heavy (non-hydrogen) atoms. The molecule has 0 bridgehead atoms. The van der Waals surface area contributed by atoms with Gasteiger partial charge in [0, 0.05) is 19.1 Å². The molecule has 1 amide bonds. The van der Waals surface area contributed by atoms with E-state index in [1.807, 2.05) is 13.8 Å². The van der Waals surface area contributed by atoms with Gasteiger partial charge in [-0.2, -0.15) is 0 Å². The van der Waals surface area contributed by atoms with Crippen molar-refractivity contribution in [3.05, 3.63) is 0 Å². The van der Waals surface area contributed by atoms with Gasteiger partial charge in [0.1, 0.15) is 0 Å². The summed E-state index contributed by atoms with van der Waals surface area (Å²) in [5, 5.41) is 3.11. The fraction of sp³-hybridized carbons (Fsp3) is 0.909. The van der Waals surface area contributed by atoms with Gasteiger partial charge in [-0.25, -0.2) is 8.42 Å². The maximum atomic E-state index is 12.0. The van der Waals surface area contributed by atoms with Crippen LogP contribution in [0, 0.1) is 0 Å². The fourth-order valence-electron chi connectivity index (χ4n) is 2.16. The Bertz CT molecular complexity index is 363. The molecule has 1 aliphatic heterocycles. The predicted octanol–water partition coefficient (Wildman–Crippen LogP) is 0.0200. The van der Waals surface area contributed by atoms with Crippen molar-refractivity contribution in [3.8, 4) is 0 Å². The van der Waals surface area contributed by atoms with Crippen molar-refractivity contribution < 1.29 is 13.2 Å². The smallest absolute Gasteiger partial charge is 0.239 e. The van der Waals surface area contributed by atoms with Crippen LogP contribution in [0.15, 0.2) is 0 Å². The summed E-state index contributed by atoms with van der Waals surface area (Å²) in [4.78, 5) is 13.7. The van der Waals surface area contributed by atoms with E-state index in [-0.39, 0.29) is 29.5 Å². The van der Waals surface area contributed by atoms with Gasteiger partial charge < -0.3 is 10.2 Å². The molecule has 5 nitrogen and oxygen atoms in total.